The van der Waals surface area contributed by atoms with E-state index in [0.29, 0.717) is 31.1 Å². The molecule has 1 N–H and O–H groups in total. The highest BCUT2D eigenvalue weighted by molar-refractivity contribution is 5.95. The van der Waals surface area contributed by atoms with Crippen molar-refractivity contribution in [1.82, 2.24) is 14.9 Å². The van der Waals surface area contributed by atoms with E-state index in [1.807, 2.05) is 18.2 Å². The molecule has 4 rings (SSSR count). The SMILES string of the molecule is O=C(Nc1cnccn1)[C@@H]1CO[C@H]2CN(C(=O)c3ccccc3)C[C@@H]21. The fraction of sp³-hybridized carbons (Fsp3) is 0.333. The van der Waals surface area contributed by atoms with Crippen LogP contribution in [0.2, 0.25) is 0 Å². The van der Waals surface area contributed by atoms with Gasteiger partial charge >= 0.3 is 0 Å². The normalized spacial score (nSPS) is 24.8. The first kappa shape index (κ1) is 15.7. The first-order chi connectivity index (χ1) is 12.2. The van der Waals surface area contributed by atoms with E-state index in [2.05, 4.69) is 15.3 Å². The minimum Gasteiger partial charge on any atom is -0.375 e. The number of hydrogen-bond acceptors (Lipinski definition) is 5. The highest BCUT2D eigenvalue weighted by Gasteiger charge is 2.48. The number of anilines is 1. The molecule has 2 fully saturated rings. The van der Waals surface area contributed by atoms with Crippen LogP contribution in [0, 0.1) is 11.8 Å². The Labute approximate surface area is 145 Å². The summed E-state index contributed by atoms with van der Waals surface area (Å²) in [5, 5.41) is 2.78. The number of hydrogen-bond donors (Lipinski definition) is 1. The van der Waals surface area contributed by atoms with Gasteiger partial charge in [0.2, 0.25) is 5.91 Å². The molecule has 1 aromatic carbocycles. The molecule has 3 atom stereocenters. The average molecular weight is 338 g/mol. The zero-order valence-electron chi connectivity index (χ0n) is 13.5. The van der Waals surface area contributed by atoms with E-state index >= 15 is 0 Å². The largest absolute Gasteiger partial charge is 0.375 e. The summed E-state index contributed by atoms with van der Waals surface area (Å²) in [4.78, 5) is 34.9. The number of ether oxygens (including phenoxy) is 1. The molecule has 7 heteroatoms. The number of fused-ring (bicyclic) bond motifs is 1. The Balaban J connectivity index is 1.43. The van der Waals surface area contributed by atoms with Gasteiger partial charge in [0.1, 0.15) is 0 Å². The lowest BCUT2D eigenvalue weighted by Crippen LogP contribution is -2.34. The molecule has 25 heavy (non-hydrogen) atoms. The lowest BCUT2D eigenvalue weighted by atomic mass is 9.92. The van der Waals surface area contributed by atoms with Crippen LogP contribution >= 0.6 is 0 Å². The molecule has 2 saturated heterocycles. The van der Waals surface area contributed by atoms with Gasteiger partial charge in [-0.1, -0.05) is 18.2 Å². The summed E-state index contributed by atoms with van der Waals surface area (Å²) in [5.74, 6) is -0.0234. The van der Waals surface area contributed by atoms with E-state index < -0.39 is 0 Å². The number of amides is 2. The second-order valence-corrected chi connectivity index (χ2v) is 6.30. The summed E-state index contributed by atoms with van der Waals surface area (Å²) in [6, 6.07) is 9.17. The molecule has 3 heterocycles. The third-order valence-electron chi connectivity index (χ3n) is 4.77. The topological polar surface area (TPSA) is 84.4 Å². The zero-order valence-corrected chi connectivity index (χ0v) is 13.5. The van der Waals surface area contributed by atoms with Crippen LogP contribution in [0.1, 0.15) is 10.4 Å². The van der Waals surface area contributed by atoms with Gasteiger partial charge in [-0.05, 0) is 12.1 Å². The average Bonchev–Trinajstić information content (AvgIpc) is 3.23. The number of carbonyl (C=O) groups is 2. The Morgan fingerprint density at radius 1 is 1.16 bits per heavy atom. The summed E-state index contributed by atoms with van der Waals surface area (Å²) >= 11 is 0. The van der Waals surface area contributed by atoms with Crippen molar-refractivity contribution in [2.45, 2.75) is 6.10 Å². The maximum absolute atomic E-state index is 12.6. The van der Waals surface area contributed by atoms with Gasteiger partial charge in [-0.3, -0.25) is 14.6 Å². The van der Waals surface area contributed by atoms with Crippen molar-refractivity contribution in [3.05, 3.63) is 54.5 Å². The summed E-state index contributed by atoms with van der Waals surface area (Å²) < 4.78 is 5.77. The fourth-order valence-corrected chi connectivity index (χ4v) is 3.49. The number of aromatic nitrogens is 2. The molecule has 0 aliphatic carbocycles. The molecule has 0 spiro atoms. The molecule has 7 nitrogen and oxygen atoms in total. The van der Waals surface area contributed by atoms with Crippen molar-refractivity contribution in [2.24, 2.45) is 11.8 Å². The van der Waals surface area contributed by atoms with Crippen molar-refractivity contribution in [3.63, 3.8) is 0 Å². The van der Waals surface area contributed by atoms with Gasteiger partial charge in [-0.2, -0.15) is 0 Å². The van der Waals surface area contributed by atoms with Crippen LogP contribution in [0.25, 0.3) is 0 Å². The molecule has 0 bridgehead atoms. The molecule has 0 unspecified atom stereocenters. The highest BCUT2D eigenvalue weighted by atomic mass is 16.5. The molecule has 2 amide bonds. The number of nitrogens with one attached hydrogen (secondary N) is 1. The molecule has 128 valence electrons. The lowest BCUT2D eigenvalue weighted by molar-refractivity contribution is -0.120. The van der Waals surface area contributed by atoms with E-state index in [1.54, 1.807) is 23.2 Å². The first-order valence-corrected chi connectivity index (χ1v) is 8.25. The third-order valence-corrected chi connectivity index (χ3v) is 4.77. The highest BCUT2D eigenvalue weighted by Crippen LogP contribution is 2.34. The van der Waals surface area contributed by atoms with Gasteiger partial charge in [0.15, 0.2) is 5.82 Å². The van der Waals surface area contributed by atoms with Crippen LogP contribution in [-0.4, -0.2) is 52.5 Å². The molecule has 2 aliphatic heterocycles. The molecule has 2 aliphatic rings. The minimum atomic E-state index is -0.291. The number of carbonyl (C=O) groups excluding carboxylic acids is 2. The van der Waals surface area contributed by atoms with Crippen molar-refractivity contribution >= 4 is 17.6 Å². The zero-order chi connectivity index (χ0) is 17.2. The summed E-state index contributed by atoms with van der Waals surface area (Å²) in [6.07, 6.45) is 4.49. The van der Waals surface area contributed by atoms with Crippen LogP contribution < -0.4 is 5.32 Å². The van der Waals surface area contributed by atoms with E-state index in [0.717, 1.165) is 0 Å². The number of rotatable bonds is 3. The second kappa shape index (κ2) is 6.60. The van der Waals surface area contributed by atoms with Crippen LogP contribution in [0.4, 0.5) is 5.82 Å². The Morgan fingerprint density at radius 3 is 2.76 bits per heavy atom. The number of nitrogens with zero attached hydrogens (tertiary/aromatic N) is 3. The van der Waals surface area contributed by atoms with E-state index in [4.69, 9.17) is 4.74 Å². The van der Waals surface area contributed by atoms with E-state index in [-0.39, 0.29) is 29.8 Å². The summed E-state index contributed by atoms with van der Waals surface area (Å²) in [5.41, 5.74) is 0.656. The molecule has 0 saturated carbocycles. The standard InChI is InChI=1S/C18H18N4O3/c23-17(21-16-8-19-6-7-20-16)14-11-25-15-10-22(9-13(14)15)18(24)12-4-2-1-3-5-12/h1-8,13-15H,9-11H2,(H,20,21,23)/t13-,14-,15+/m1/s1. The van der Waals surface area contributed by atoms with Gasteiger partial charge in [0.05, 0.1) is 24.8 Å². The van der Waals surface area contributed by atoms with Gasteiger partial charge in [-0.15, -0.1) is 0 Å². The molecular weight excluding hydrogens is 320 g/mol. The summed E-state index contributed by atoms with van der Waals surface area (Å²) in [7, 11) is 0. The quantitative estimate of drug-likeness (QED) is 0.909. The second-order valence-electron chi connectivity index (χ2n) is 6.30. The van der Waals surface area contributed by atoms with Crippen LogP contribution in [0.3, 0.4) is 0 Å². The van der Waals surface area contributed by atoms with Crippen molar-refractivity contribution < 1.29 is 14.3 Å². The minimum absolute atomic E-state index is 0.00401. The van der Waals surface area contributed by atoms with Crippen LogP contribution in [-0.2, 0) is 9.53 Å². The molecule has 1 aromatic heterocycles. The fourth-order valence-electron chi connectivity index (χ4n) is 3.49. The van der Waals surface area contributed by atoms with Crippen molar-refractivity contribution in [1.29, 1.82) is 0 Å². The Kier molecular flexibility index (Phi) is 4.15. The molecular formula is C18H18N4O3. The van der Waals surface area contributed by atoms with Crippen molar-refractivity contribution in [2.75, 3.05) is 25.0 Å². The maximum atomic E-state index is 12.6. The number of likely N-dealkylation sites (tertiary alicyclic amines) is 1. The van der Waals surface area contributed by atoms with Gasteiger partial charge in [0.25, 0.3) is 5.91 Å². The first-order valence-electron chi connectivity index (χ1n) is 8.25. The smallest absolute Gasteiger partial charge is 0.253 e. The van der Waals surface area contributed by atoms with Gasteiger partial charge in [-0.25, -0.2) is 4.98 Å². The van der Waals surface area contributed by atoms with Crippen LogP contribution in [0.15, 0.2) is 48.9 Å². The van der Waals surface area contributed by atoms with E-state index in [9.17, 15) is 9.59 Å². The third kappa shape index (κ3) is 3.10. The predicted molar refractivity (Wildman–Crippen MR) is 89.7 cm³/mol. The van der Waals surface area contributed by atoms with Crippen molar-refractivity contribution in [3.8, 4) is 0 Å². The summed E-state index contributed by atoms with van der Waals surface area (Å²) in [6.45, 7) is 1.42. The van der Waals surface area contributed by atoms with E-state index in [1.165, 1.54) is 12.4 Å². The predicted octanol–water partition coefficient (Wildman–Crippen LogP) is 1.20. The Bertz CT molecular complexity index is 768. The van der Waals surface area contributed by atoms with Gasteiger partial charge < -0.3 is 15.0 Å². The lowest BCUT2D eigenvalue weighted by Gasteiger charge is -2.19. The molecule has 0 radical (unpaired) electrons. The Hall–Kier alpha value is -2.80. The monoisotopic (exact) mass is 338 g/mol. The number of benzene rings is 1. The molecule has 2 aromatic rings. The maximum Gasteiger partial charge on any atom is 0.253 e. The Morgan fingerprint density at radius 2 is 2.00 bits per heavy atom. The van der Waals surface area contributed by atoms with Gasteiger partial charge in [0, 0.05) is 37.0 Å². The van der Waals surface area contributed by atoms with Crippen LogP contribution in [0.5, 0.6) is 0 Å².